The number of likely N-dealkylation sites (tertiary alicyclic amines) is 1. The van der Waals surface area contributed by atoms with E-state index >= 15 is 0 Å². The number of carbonyl (C=O) groups excluding carboxylic acids is 1. The Morgan fingerprint density at radius 2 is 2.19 bits per heavy atom. The molecular weight excluding hydrogens is 262 g/mol. The zero-order valence-electron chi connectivity index (χ0n) is 12.7. The van der Waals surface area contributed by atoms with Crippen molar-refractivity contribution in [1.82, 2.24) is 4.90 Å². The van der Waals surface area contributed by atoms with Crippen LogP contribution in [-0.2, 0) is 16.1 Å². The molecule has 0 N–H and O–H groups in total. The highest BCUT2D eigenvalue weighted by atomic mass is 16.5. The quantitative estimate of drug-likeness (QED) is 0.629. The smallest absolute Gasteiger partial charge is 0.317 e. The molecule has 1 saturated heterocycles. The van der Waals surface area contributed by atoms with E-state index in [4.69, 9.17) is 4.74 Å². The summed E-state index contributed by atoms with van der Waals surface area (Å²) in [7, 11) is 0. The van der Waals surface area contributed by atoms with Gasteiger partial charge < -0.3 is 4.74 Å². The van der Waals surface area contributed by atoms with Gasteiger partial charge in [-0.2, -0.15) is 0 Å². The molecule has 0 spiro atoms. The minimum absolute atomic E-state index is 0.0738. The van der Waals surface area contributed by atoms with Crippen LogP contribution in [0.4, 0.5) is 0 Å². The van der Waals surface area contributed by atoms with Gasteiger partial charge in [0.1, 0.15) is 5.41 Å². The summed E-state index contributed by atoms with van der Waals surface area (Å²) in [6.45, 7) is 9.19. The van der Waals surface area contributed by atoms with E-state index in [1.807, 2.05) is 13.0 Å². The van der Waals surface area contributed by atoms with Crippen molar-refractivity contribution in [2.45, 2.75) is 26.3 Å². The summed E-state index contributed by atoms with van der Waals surface area (Å²) in [6.07, 6.45) is 1.95. The Morgan fingerprint density at radius 1 is 1.43 bits per heavy atom. The van der Waals surface area contributed by atoms with Crippen LogP contribution in [0.5, 0.6) is 0 Å². The molecule has 1 aromatic carbocycles. The van der Waals surface area contributed by atoms with Crippen molar-refractivity contribution >= 4 is 5.97 Å². The molecule has 3 rings (SSSR count). The first-order valence-electron chi connectivity index (χ1n) is 7.78. The second-order valence-electron chi connectivity index (χ2n) is 6.22. The van der Waals surface area contributed by atoms with Crippen molar-refractivity contribution in [2.75, 3.05) is 19.7 Å². The van der Waals surface area contributed by atoms with E-state index in [1.165, 1.54) is 5.56 Å². The van der Waals surface area contributed by atoms with Crippen LogP contribution < -0.4 is 0 Å². The molecule has 0 amide bonds. The Kier molecular flexibility index (Phi) is 3.85. The molecule has 0 radical (unpaired) electrons. The number of carbonyl (C=O) groups is 1. The summed E-state index contributed by atoms with van der Waals surface area (Å²) < 4.78 is 5.34. The van der Waals surface area contributed by atoms with Crippen LogP contribution in [0.1, 0.15) is 25.3 Å². The molecule has 1 aliphatic heterocycles. The van der Waals surface area contributed by atoms with Gasteiger partial charge in [-0.1, -0.05) is 42.5 Å². The van der Waals surface area contributed by atoms with Gasteiger partial charge in [0.25, 0.3) is 0 Å². The van der Waals surface area contributed by atoms with Gasteiger partial charge in [0, 0.05) is 19.6 Å². The third kappa shape index (κ3) is 2.51. The van der Waals surface area contributed by atoms with Gasteiger partial charge in [-0.25, -0.2) is 0 Å². The second-order valence-corrected chi connectivity index (χ2v) is 6.22. The highest BCUT2D eigenvalue weighted by Gasteiger charge is 2.53. The monoisotopic (exact) mass is 285 g/mol. The average molecular weight is 285 g/mol. The van der Waals surface area contributed by atoms with Crippen molar-refractivity contribution in [3.63, 3.8) is 0 Å². The van der Waals surface area contributed by atoms with Crippen LogP contribution in [0, 0.1) is 11.3 Å². The van der Waals surface area contributed by atoms with Gasteiger partial charge in [-0.05, 0) is 31.2 Å². The van der Waals surface area contributed by atoms with Crippen LogP contribution in [0.2, 0.25) is 0 Å². The zero-order valence-corrected chi connectivity index (χ0v) is 12.7. The van der Waals surface area contributed by atoms with Gasteiger partial charge in [0.05, 0.1) is 6.61 Å². The van der Waals surface area contributed by atoms with Crippen LogP contribution >= 0.6 is 0 Å². The van der Waals surface area contributed by atoms with Gasteiger partial charge in [0.15, 0.2) is 0 Å². The molecule has 1 saturated carbocycles. The molecule has 21 heavy (non-hydrogen) atoms. The van der Waals surface area contributed by atoms with E-state index in [0.29, 0.717) is 12.5 Å². The van der Waals surface area contributed by atoms with E-state index in [-0.39, 0.29) is 5.97 Å². The molecule has 2 bridgehead atoms. The molecule has 3 nitrogen and oxygen atoms in total. The van der Waals surface area contributed by atoms with E-state index in [1.54, 1.807) is 0 Å². The highest BCUT2D eigenvalue weighted by molar-refractivity contribution is 5.82. The van der Waals surface area contributed by atoms with Crippen molar-refractivity contribution < 1.29 is 9.53 Å². The maximum absolute atomic E-state index is 12.5. The minimum Gasteiger partial charge on any atom is -0.465 e. The van der Waals surface area contributed by atoms with Crippen LogP contribution in [0.3, 0.4) is 0 Å². The summed E-state index contributed by atoms with van der Waals surface area (Å²) in [6, 6.07) is 10.4. The summed E-state index contributed by atoms with van der Waals surface area (Å²) >= 11 is 0. The summed E-state index contributed by atoms with van der Waals surface area (Å²) in [5.41, 5.74) is 1.93. The predicted molar refractivity (Wildman–Crippen MR) is 82.6 cm³/mol. The molecule has 1 heterocycles. The first-order valence-corrected chi connectivity index (χ1v) is 7.78. The van der Waals surface area contributed by atoms with E-state index in [9.17, 15) is 4.79 Å². The summed E-state index contributed by atoms with van der Waals surface area (Å²) in [5, 5.41) is 0. The van der Waals surface area contributed by atoms with E-state index in [0.717, 1.165) is 38.0 Å². The number of nitrogens with zero attached hydrogens (tertiary/aromatic N) is 1. The average Bonchev–Trinajstić information content (AvgIpc) is 2.69. The number of hydrogen-bond donors (Lipinski definition) is 0. The molecule has 2 fully saturated rings. The fraction of sp³-hybridized carbons (Fsp3) is 0.500. The van der Waals surface area contributed by atoms with Crippen LogP contribution in [0.25, 0.3) is 0 Å². The Morgan fingerprint density at radius 3 is 2.90 bits per heavy atom. The van der Waals surface area contributed by atoms with Crippen LogP contribution in [-0.4, -0.2) is 30.6 Å². The molecule has 0 aromatic heterocycles. The highest BCUT2D eigenvalue weighted by Crippen LogP contribution is 2.50. The standard InChI is InChI=1S/C18H23NO2/c1-3-21-17(20)18-10-9-16(14(18)2)12-19(13-18)11-15-7-5-4-6-8-15/h4-8,16H,2-3,9-13H2,1H3. The van der Waals surface area contributed by atoms with Crippen LogP contribution in [0.15, 0.2) is 42.5 Å². The molecule has 2 atom stereocenters. The number of fused-ring (bicyclic) bond motifs is 2. The molecule has 3 heteroatoms. The normalized spacial score (nSPS) is 28.6. The lowest BCUT2D eigenvalue weighted by Gasteiger charge is -2.40. The topological polar surface area (TPSA) is 29.5 Å². The minimum atomic E-state index is -0.465. The third-order valence-corrected chi connectivity index (χ3v) is 4.91. The van der Waals surface area contributed by atoms with Gasteiger partial charge in [-0.3, -0.25) is 9.69 Å². The Labute approximate surface area is 126 Å². The number of benzene rings is 1. The van der Waals surface area contributed by atoms with Crippen molar-refractivity contribution in [3.8, 4) is 0 Å². The van der Waals surface area contributed by atoms with Crippen molar-refractivity contribution in [2.24, 2.45) is 11.3 Å². The Bertz CT molecular complexity index is 539. The maximum atomic E-state index is 12.5. The fourth-order valence-electron chi connectivity index (χ4n) is 3.82. The lowest BCUT2D eigenvalue weighted by Crippen LogP contribution is -2.48. The van der Waals surface area contributed by atoms with Crippen molar-refractivity contribution in [3.05, 3.63) is 48.0 Å². The Hall–Kier alpha value is -1.61. The zero-order chi connectivity index (χ0) is 14.9. The van der Waals surface area contributed by atoms with Crippen molar-refractivity contribution in [1.29, 1.82) is 0 Å². The molecule has 1 aromatic rings. The van der Waals surface area contributed by atoms with E-state index < -0.39 is 5.41 Å². The third-order valence-electron chi connectivity index (χ3n) is 4.91. The number of ether oxygens (including phenoxy) is 1. The summed E-state index contributed by atoms with van der Waals surface area (Å²) in [4.78, 5) is 14.9. The van der Waals surface area contributed by atoms with Gasteiger partial charge in [0.2, 0.25) is 0 Å². The van der Waals surface area contributed by atoms with Gasteiger partial charge in [-0.15, -0.1) is 0 Å². The Balaban J connectivity index is 1.78. The maximum Gasteiger partial charge on any atom is 0.317 e. The lowest BCUT2D eigenvalue weighted by molar-refractivity contribution is -0.154. The number of rotatable bonds is 4. The SMILES string of the molecule is C=C1C2CCC1(C(=O)OCC)CN(Cc1ccccc1)C2. The molecule has 2 aliphatic rings. The van der Waals surface area contributed by atoms with E-state index in [2.05, 4.69) is 35.7 Å². The largest absolute Gasteiger partial charge is 0.465 e. The molecular formula is C18H23NO2. The number of piperidine rings is 1. The first kappa shape index (κ1) is 14.3. The molecule has 2 unspecified atom stereocenters. The second kappa shape index (κ2) is 5.64. The fourth-order valence-corrected chi connectivity index (χ4v) is 3.82. The summed E-state index contributed by atoms with van der Waals surface area (Å²) in [5.74, 6) is 0.363. The number of hydrogen-bond acceptors (Lipinski definition) is 3. The molecule has 112 valence electrons. The first-order chi connectivity index (χ1) is 10.2. The molecule has 1 aliphatic carbocycles. The predicted octanol–water partition coefficient (Wildman–Crippen LogP) is 3.02. The van der Waals surface area contributed by atoms with Gasteiger partial charge >= 0.3 is 5.97 Å². The number of esters is 1. The lowest BCUT2D eigenvalue weighted by atomic mass is 9.78.